The zero-order valence-electron chi connectivity index (χ0n) is 30.1. The van der Waals surface area contributed by atoms with Crippen LogP contribution in [0.25, 0.3) is 100 Å². The number of nitrogens with zero attached hydrogens (tertiary/aromatic N) is 5. The van der Waals surface area contributed by atoms with Crippen LogP contribution < -0.4 is 0 Å². The largest absolute Gasteiger partial charge is 0.256 e. The number of aromatic nitrogens is 5. The Morgan fingerprint density at radius 1 is 0.345 bits per heavy atom. The van der Waals surface area contributed by atoms with Crippen LogP contribution in [0, 0.1) is 6.92 Å². The Kier molecular flexibility index (Phi) is 7.96. The second-order valence-corrected chi connectivity index (χ2v) is 13.8. The number of para-hydroxylation sites is 1. The molecule has 10 aromatic rings. The van der Waals surface area contributed by atoms with Crippen molar-refractivity contribution in [1.29, 1.82) is 0 Å². The average molecular weight is 704 g/mol. The van der Waals surface area contributed by atoms with E-state index in [1.165, 1.54) is 0 Å². The molecule has 5 nitrogen and oxygen atoms in total. The van der Waals surface area contributed by atoms with E-state index in [9.17, 15) is 0 Å². The first-order valence-corrected chi connectivity index (χ1v) is 18.4. The first kappa shape index (κ1) is 32.3. The van der Waals surface area contributed by atoms with E-state index >= 15 is 0 Å². The lowest BCUT2D eigenvalue weighted by atomic mass is 9.97. The van der Waals surface area contributed by atoms with Gasteiger partial charge in [-0.2, -0.15) is 0 Å². The summed E-state index contributed by atoms with van der Waals surface area (Å²) in [5, 5.41) is 3.24. The number of hydrogen-bond donors (Lipinski definition) is 0. The van der Waals surface area contributed by atoms with Crippen molar-refractivity contribution in [1.82, 2.24) is 24.9 Å². The van der Waals surface area contributed by atoms with Crippen LogP contribution in [0.15, 0.2) is 182 Å². The highest BCUT2D eigenvalue weighted by atomic mass is 14.9. The lowest BCUT2D eigenvalue weighted by molar-refractivity contribution is 1.18. The third-order valence-corrected chi connectivity index (χ3v) is 10.2. The molecule has 0 radical (unpaired) electrons. The molecule has 4 aromatic heterocycles. The van der Waals surface area contributed by atoms with Gasteiger partial charge in [-0.05, 0) is 53.9 Å². The molecule has 10 rings (SSSR count). The average Bonchev–Trinajstić information content (AvgIpc) is 3.26. The lowest BCUT2D eigenvalue weighted by Gasteiger charge is -2.13. The van der Waals surface area contributed by atoms with Crippen LogP contribution in [-0.2, 0) is 0 Å². The molecule has 0 saturated carbocycles. The molecule has 0 saturated heterocycles. The number of pyridine rings is 3. The van der Waals surface area contributed by atoms with E-state index in [2.05, 4.69) is 133 Å². The van der Waals surface area contributed by atoms with Gasteiger partial charge in [0.2, 0.25) is 0 Å². The highest BCUT2D eigenvalue weighted by molar-refractivity contribution is 6.09. The summed E-state index contributed by atoms with van der Waals surface area (Å²) in [6.45, 7) is 2.05. The van der Waals surface area contributed by atoms with Crippen molar-refractivity contribution >= 4 is 32.7 Å². The fraction of sp³-hybridized carbons (Fsp3) is 0.0200. The summed E-state index contributed by atoms with van der Waals surface area (Å²) in [4.78, 5) is 25.2. The standard InChI is InChI=1S/C50H33N5/c1-32-29-43(42-26-24-37-25-27-44(34-11-4-2-5-12-34)53-48(37)49(42)52-32)33-20-22-38(23-21-33)50-54-45(35-13-6-3-7-14-35)31-46(55-50)40-17-8-16-39(30-40)41-19-9-15-36-18-10-28-51-47(36)41/h2-31H,1H3. The van der Waals surface area contributed by atoms with Gasteiger partial charge in [-0.1, -0.05) is 146 Å². The number of fused-ring (bicyclic) bond motifs is 4. The summed E-state index contributed by atoms with van der Waals surface area (Å²) in [5.41, 5.74) is 14.8. The monoisotopic (exact) mass is 703 g/mol. The van der Waals surface area contributed by atoms with Crippen LogP contribution in [-0.4, -0.2) is 24.9 Å². The second kappa shape index (κ2) is 13.6. The molecule has 6 aromatic carbocycles. The Balaban J connectivity index is 1.06. The summed E-state index contributed by atoms with van der Waals surface area (Å²) >= 11 is 0. The van der Waals surface area contributed by atoms with Crippen molar-refractivity contribution < 1.29 is 0 Å². The van der Waals surface area contributed by atoms with E-state index in [1.54, 1.807) is 0 Å². The van der Waals surface area contributed by atoms with Gasteiger partial charge in [0.15, 0.2) is 5.82 Å². The Hall–Kier alpha value is -7.37. The predicted molar refractivity (Wildman–Crippen MR) is 225 cm³/mol. The lowest BCUT2D eigenvalue weighted by Crippen LogP contribution is -1.96. The van der Waals surface area contributed by atoms with Crippen molar-refractivity contribution in [3.63, 3.8) is 0 Å². The fourth-order valence-corrected chi connectivity index (χ4v) is 7.47. The Bertz CT molecular complexity index is 3030. The molecule has 55 heavy (non-hydrogen) atoms. The summed E-state index contributed by atoms with van der Waals surface area (Å²) in [5.74, 6) is 0.666. The fourth-order valence-electron chi connectivity index (χ4n) is 7.47. The molecule has 0 fully saturated rings. The first-order chi connectivity index (χ1) is 27.1. The van der Waals surface area contributed by atoms with Crippen molar-refractivity contribution in [3.8, 4) is 67.4 Å². The van der Waals surface area contributed by atoms with E-state index in [0.29, 0.717) is 5.82 Å². The zero-order chi connectivity index (χ0) is 36.7. The molecule has 0 N–H and O–H groups in total. The van der Waals surface area contributed by atoms with E-state index in [-0.39, 0.29) is 0 Å². The van der Waals surface area contributed by atoms with Gasteiger partial charge in [0.25, 0.3) is 0 Å². The number of aryl methyl sites for hydroxylation is 1. The molecule has 0 unspecified atom stereocenters. The second-order valence-electron chi connectivity index (χ2n) is 13.8. The normalized spacial score (nSPS) is 11.4. The van der Waals surface area contributed by atoms with Crippen molar-refractivity contribution in [2.45, 2.75) is 6.92 Å². The molecule has 0 bridgehead atoms. The highest BCUT2D eigenvalue weighted by Crippen LogP contribution is 2.36. The molecule has 0 aliphatic heterocycles. The van der Waals surface area contributed by atoms with E-state index in [0.717, 1.165) is 100.0 Å². The van der Waals surface area contributed by atoms with E-state index in [4.69, 9.17) is 24.9 Å². The molecular weight excluding hydrogens is 671 g/mol. The topological polar surface area (TPSA) is 64.5 Å². The van der Waals surface area contributed by atoms with Crippen molar-refractivity contribution in [2.24, 2.45) is 0 Å². The van der Waals surface area contributed by atoms with E-state index < -0.39 is 0 Å². The van der Waals surface area contributed by atoms with Gasteiger partial charge in [0.05, 0.1) is 33.6 Å². The van der Waals surface area contributed by atoms with E-state index in [1.807, 2.05) is 55.6 Å². The molecule has 0 aliphatic carbocycles. The molecule has 4 heterocycles. The van der Waals surface area contributed by atoms with Crippen molar-refractivity contribution in [2.75, 3.05) is 0 Å². The van der Waals surface area contributed by atoms with Gasteiger partial charge >= 0.3 is 0 Å². The maximum Gasteiger partial charge on any atom is 0.160 e. The Labute approximate surface area is 318 Å². The summed E-state index contributed by atoms with van der Waals surface area (Å²) in [7, 11) is 0. The number of benzene rings is 6. The Morgan fingerprint density at radius 2 is 0.982 bits per heavy atom. The minimum Gasteiger partial charge on any atom is -0.256 e. The maximum absolute atomic E-state index is 5.19. The van der Waals surface area contributed by atoms with Crippen molar-refractivity contribution in [3.05, 3.63) is 188 Å². The van der Waals surface area contributed by atoms with Crippen LogP contribution >= 0.6 is 0 Å². The predicted octanol–water partition coefficient (Wildman–Crippen LogP) is 12.4. The smallest absolute Gasteiger partial charge is 0.160 e. The van der Waals surface area contributed by atoms with Gasteiger partial charge in [-0.25, -0.2) is 15.0 Å². The number of hydrogen-bond acceptors (Lipinski definition) is 5. The summed E-state index contributed by atoms with van der Waals surface area (Å²) in [6, 6.07) is 60.9. The molecule has 0 aliphatic rings. The van der Waals surface area contributed by atoms with Gasteiger partial charge in [0.1, 0.15) is 0 Å². The van der Waals surface area contributed by atoms with Gasteiger partial charge in [-0.3, -0.25) is 9.97 Å². The van der Waals surface area contributed by atoms with Gasteiger partial charge < -0.3 is 0 Å². The molecule has 0 spiro atoms. The molecule has 5 heteroatoms. The third kappa shape index (κ3) is 6.08. The molecular formula is C50H33N5. The van der Waals surface area contributed by atoms with Gasteiger partial charge in [-0.15, -0.1) is 0 Å². The number of rotatable bonds is 6. The van der Waals surface area contributed by atoms with Gasteiger partial charge in [0, 0.05) is 55.9 Å². The van der Waals surface area contributed by atoms with Crippen LogP contribution in [0.5, 0.6) is 0 Å². The minimum absolute atomic E-state index is 0.666. The summed E-state index contributed by atoms with van der Waals surface area (Å²) in [6.07, 6.45) is 1.85. The highest BCUT2D eigenvalue weighted by Gasteiger charge is 2.15. The van der Waals surface area contributed by atoms with Crippen LogP contribution in [0.3, 0.4) is 0 Å². The minimum atomic E-state index is 0.666. The molecule has 258 valence electrons. The first-order valence-electron chi connectivity index (χ1n) is 18.4. The van der Waals surface area contributed by atoms with Crippen LogP contribution in [0.4, 0.5) is 0 Å². The Morgan fingerprint density at radius 3 is 1.78 bits per heavy atom. The SMILES string of the molecule is Cc1cc(-c2ccc(-c3nc(-c4ccccc4)cc(-c4cccc(-c5cccc6cccnc56)c4)n3)cc2)c2ccc3ccc(-c4ccccc4)nc3c2n1. The third-order valence-electron chi connectivity index (χ3n) is 10.2. The zero-order valence-corrected chi connectivity index (χ0v) is 30.1. The summed E-state index contributed by atoms with van der Waals surface area (Å²) < 4.78 is 0. The molecule has 0 atom stereocenters. The quantitative estimate of drug-likeness (QED) is 0.161. The maximum atomic E-state index is 5.19. The van der Waals surface area contributed by atoms with Crippen LogP contribution in [0.1, 0.15) is 5.69 Å². The van der Waals surface area contributed by atoms with Crippen LogP contribution in [0.2, 0.25) is 0 Å². The molecule has 0 amide bonds.